The molecular formula is C13H19N3O4S. The average molecular weight is 313 g/mol. The Hall–Kier alpha value is -1.64. The van der Waals surface area contributed by atoms with Gasteiger partial charge in [0.1, 0.15) is 4.90 Å². The van der Waals surface area contributed by atoms with Crippen LogP contribution in [0.1, 0.15) is 23.7 Å². The molecule has 0 bridgehead atoms. The number of carbonyl (C=O) groups excluding carboxylic acids is 1. The molecule has 1 aliphatic rings. The number of nitrogen functional groups attached to an aromatic ring is 1. The summed E-state index contributed by atoms with van der Waals surface area (Å²) in [5.41, 5.74) is 11.2. The highest BCUT2D eigenvalue weighted by molar-refractivity contribution is 7.89. The number of nitrogens with two attached hydrogens (primary N) is 2. The summed E-state index contributed by atoms with van der Waals surface area (Å²) in [7, 11) is -3.72. The Morgan fingerprint density at radius 3 is 2.76 bits per heavy atom. The molecule has 7 nitrogen and oxygen atoms in total. The number of ether oxygens (including phenoxy) is 1. The molecule has 1 amide bonds. The van der Waals surface area contributed by atoms with Crippen molar-refractivity contribution in [2.45, 2.75) is 24.3 Å². The van der Waals surface area contributed by atoms with E-state index >= 15 is 0 Å². The van der Waals surface area contributed by atoms with Gasteiger partial charge in [-0.1, -0.05) is 6.92 Å². The maximum absolute atomic E-state index is 12.7. The number of sulfonamides is 1. The molecule has 21 heavy (non-hydrogen) atoms. The van der Waals surface area contributed by atoms with Gasteiger partial charge in [0.25, 0.3) is 0 Å². The summed E-state index contributed by atoms with van der Waals surface area (Å²) >= 11 is 0. The van der Waals surface area contributed by atoms with E-state index in [0.717, 1.165) is 0 Å². The minimum absolute atomic E-state index is 0.00662. The predicted octanol–water partition coefficient (Wildman–Crippen LogP) is 0.167. The summed E-state index contributed by atoms with van der Waals surface area (Å²) < 4.78 is 32.2. The molecule has 1 atom stereocenters. The van der Waals surface area contributed by atoms with Crippen LogP contribution in [0.25, 0.3) is 0 Å². The van der Waals surface area contributed by atoms with Crippen molar-refractivity contribution in [2.75, 3.05) is 25.5 Å². The van der Waals surface area contributed by atoms with Crippen LogP contribution in [0.2, 0.25) is 0 Å². The van der Waals surface area contributed by atoms with Crippen molar-refractivity contribution in [3.8, 4) is 0 Å². The van der Waals surface area contributed by atoms with Gasteiger partial charge in [0.05, 0.1) is 18.9 Å². The molecule has 0 aliphatic carbocycles. The normalized spacial score (nSPS) is 20.3. The molecule has 1 aromatic rings. The van der Waals surface area contributed by atoms with Crippen LogP contribution in [-0.4, -0.2) is 44.4 Å². The lowest BCUT2D eigenvalue weighted by Crippen LogP contribution is -2.48. The average Bonchev–Trinajstić information content (AvgIpc) is 2.46. The first kappa shape index (κ1) is 15.7. The number of hydrogen-bond acceptors (Lipinski definition) is 5. The van der Waals surface area contributed by atoms with Crippen molar-refractivity contribution in [2.24, 2.45) is 5.73 Å². The lowest BCUT2D eigenvalue weighted by atomic mass is 10.2. The summed E-state index contributed by atoms with van der Waals surface area (Å²) in [5, 5.41) is 0. The van der Waals surface area contributed by atoms with E-state index in [-0.39, 0.29) is 28.7 Å². The zero-order valence-electron chi connectivity index (χ0n) is 11.8. The zero-order valence-corrected chi connectivity index (χ0v) is 12.6. The lowest BCUT2D eigenvalue weighted by Gasteiger charge is -2.34. The van der Waals surface area contributed by atoms with E-state index in [4.69, 9.17) is 16.2 Å². The fourth-order valence-corrected chi connectivity index (χ4v) is 4.11. The predicted molar refractivity (Wildman–Crippen MR) is 78.2 cm³/mol. The van der Waals surface area contributed by atoms with Gasteiger partial charge in [-0.15, -0.1) is 0 Å². The highest BCUT2D eigenvalue weighted by atomic mass is 32.2. The Balaban J connectivity index is 2.41. The highest BCUT2D eigenvalue weighted by Gasteiger charge is 2.34. The number of rotatable bonds is 4. The van der Waals surface area contributed by atoms with Crippen LogP contribution in [0.4, 0.5) is 5.69 Å². The number of nitrogens with zero attached hydrogens (tertiary/aromatic N) is 1. The highest BCUT2D eigenvalue weighted by Crippen LogP contribution is 2.27. The number of anilines is 1. The summed E-state index contributed by atoms with van der Waals surface area (Å²) in [5.74, 6) is -0.650. The SMILES string of the molecule is CCC1COCCN1S(=O)(=O)c1ccc(C(N)=O)cc1N. The molecule has 2 rings (SSSR count). The second-order valence-electron chi connectivity index (χ2n) is 4.87. The van der Waals surface area contributed by atoms with Crippen LogP contribution < -0.4 is 11.5 Å². The summed E-state index contributed by atoms with van der Waals surface area (Å²) in [4.78, 5) is 11.1. The molecular weight excluding hydrogens is 294 g/mol. The van der Waals surface area contributed by atoms with Gasteiger partial charge in [-0.25, -0.2) is 8.42 Å². The number of benzene rings is 1. The molecule has 4 N–H and O–H groups in total. The van der Waals surface area contributed by atoms with Crippen molar-refractivity contribution < 1.29 is 17.9 Å². The number of amides is 1. The van der Waals surface area contributed by atoms with Gasteiger partial charge < -0.3 is 16.2 Å². The Labute approximate surface area is 123 Å². The van der Waals surface area contributed by atoms with Crippen LogP contribution in [0.5, 0.6) is 0 Å². The number of hydrogen-bond donors (Lipinski definition) is 2. The second-order valence-corrected chi connectivity index (χ2v) is 6.73. The fraction of sp³-hybridized carbons (Fsp3) is 0.462. The summed E-state index contributed by atoms with van der Waals surface area (Å²) in [6.45, 7) is 2.92. The topological polar surface area (TPSA) is 116 Å². The molecule has 1 aromatic carbocycles. The second kappa shape index (κ2) is 6.00. The van der Waals surface area contributed by atoms with Crippen LogP contribution >= 0.6 is 0 Å². The van der Waals surface area contributed by atoms with Gasteiger partial charge in [0.2, 0.25) is 15.9 Å². The maximum atomic E-state index is 12.7. The third kappa shape index (κ3) is 3.02. The van der Waals surface area contributed by atoms with Gasteiger partial charge in [0.15, 0.2) is 0 Å². The largest absolute Gasteiger partial charge is 0.398 e. The minimum Gasteiger partial charge on any atom is -0.398 e. The summed E-state index contributed by atoms with van der Waals surface area (Å²) in [6, 6.07) is 3.77. The monoisotopic (exact) mass is 313 g/mol. The first-order valence-electron chi connectivity index (χ1n) is 6.66. The smallest absolute Gasteiger partial charge is 0.248 e. The molecule has 0 radical (unpaired) electrons. The molecule has 8 heteroatoms. The molecule has 1 aliphatic heterocycles. The van der Waals surface area contributed by atoms with E-state index in [2.05, 4.69) is 0 Å². The van der Waals surface area contributed by atoms with E-state index in [1.807, 2.05) is 6.92 Å². The molecule has 116 valence electrons. The van der Waals surface area contributed by atoms with Crippen molar-refractivity contribution >= 4 is 21.6 Å². The van der Waals surface area contributed by atoms with Crippen molar-refractivity contribution in [3.05, 3.63) is 23.8 Å². The third-order valence-electron chi connectivity index (χ3n) is 3.53. The number of morpholine rings is 1. The van der Waals surface area contributed by atoms with Crippen molar-refractivity contribution in [3.63, 3.8) is 0 Å². The molecule has 0 saturated carbocycles. The molecule has 1 saturated heterocycles. The van der Waals surface area contributed by atoms with E-state index in [1.54, 1.807) is 0 Å². The molecule has 0 aromatic heterocycles. The van der Waals surface area contributed by atoms with Gasteiger partial charge in [0, 0.05) is 18.2 Å². The Morgan fingerprint density at radius 1 is 1.48 bits per heavy atom. The van der Waals surface area contributed by atoms with Crippen LogP contribution in [-0.2, 0) is 14.8 Å². The Bertz CT molecular complexity index is 645. The van der Waals surface area contributed by atoms with Crippen molar-refractivity contribution in [1.29, 1.82) is 0 Å². The van der Waals surface area contributed by atoms with Crippen LogP contribution in [0, 0.1) is 0 Å². The third-order valence-corrected chi connectivity index (χ3v) is 5.55. The Morgan fingerprint density at radius 2 is 2.19 bits per heavy atom. The molecule has 0 spiro atoms. The van der Waals surface area contributed by atoms with Crippen LogP contribution in [0.3, 0.4) is 0 Å². The fourth-order valence-electron chi connectivity index (χ4n) is 2.34. The van der Waals surface area contributed by atoms with E-state index in [1.165, 1.54) is 22.5 Å². The van der Waals surface area contributed by atoms with Crippen molar-refractivity contribution in [1.82, 2.24) is 4.31 Å². The minimum atomic E-state index is -3.72. The quantitative estimate of drug-likeness (QED) is 0.769. The van der Waals surface area contributed by atoms with Gasteiger partial charge in [-0.05, 0) is 24.6 Å². The summed E-state index contributed by atoms with van der Waals surface area (Å²) in [6.07, 6.45) is 0.651. The van der Waals surface area contributed by atoms with Gasteiger partial charge in [-0.2, -0.15) is 4.31 Å². The van der Waals surface area contributed by atoms with Gasteiger partial charge in [-0.3, -0.25) is 4.79 Å². The molecule has 1 fully saturated rings. The molecule has 1 unspecified atom stereocenters. The molecule has 1 heterocycles. The Kier molecular flexibility index (Phi) is 4.50. The lowest BCUT2D eigenvalue weighted by molar-refractivity contribution is 0.0314. The first-order valence-corrected chi connectivity index (χ1v) is 8.10. The first-order chi connectivity index (χ1) is 9.87. The number of carbonyl (C=O) groups is 1. The van der Waals surface area contributed by atoms with E-state index in [9.17, 15) is 13.2 Å². The maximum Gasteiger partial charge on any atom is 0.248 e. The van der Waals surface area contributed by atoms with E-state index in [0.29, 0.717) is 19.6 Å². The standard InChI is InChI=1S/C13H19N3O4S/c1-2-10-8-20-6-5-16(10)21(18,19)12-4-3-9(13(15)17)7-11(12)14/h3-4,7,10H,2,5-6,8,14H2,1H3,(H2,15,17). The number of primary amides is 1. The van der Waals surface area contributed by atoms with Gasteiger partial charge >= 0.3 is 0 Å². The van der Waals surface area contributed by atoms with E-state index < -0.39 is 15.9 Å². The van der Waals surface area contributed by atoms with Crippen LogP contribution in [0.15, 0.2) is 23.1 Å². The zero-order chi connectivity index (χ0) is 15.6.